The molecule has 0 unspecified atom stereocenters. The van der Waals surface area contributed by atoms with E-state index in [0.29, 0.717) is 12.2 Å². The predicted molar refractivity (Wildman–Crippen MR) is 140 cm³/mol. The molecule has 1 heterocycles. The van der Waals surface area contributed by atoms with Crippen LogP contribution in [0.1, 0.15) is 42.6 Å². The van der Waals surface area contributed by atoms with Gasteiger partial charge < -0.3 is 25.6 Å². The highest BCUT2D eigenvalue weighted by atomic mass is 19.1. The first-order chi connectivity index (χ1) is 18.2. The highest BCUT2D eigenvalue weighted by Gasteiger charge is 2.29. The van der Waals surface area contributed by atoms with Crippen LogP contribution in [0, 0.1) is 11.7 Å². The number of carbonyl (C=O) groups is 4. The molecule has 0 saturated heterocycles. The van der Waals surface area contributed by atoms with Gasteiger partial charge in [-0.25, -0.2) is 4.39 Å². The molecule has 3 N–H and O–H groups in total. The fraction of sp³-hybridized carbons (Fsp3) is 0.429. The van der Waals surface area contributed by atoms with Gasteiger partial charge in [0.05, 0.1) is 12.1 Å². The number of hydrogen-bond acceptors (Lipinski definition) is 5. The Labute approximate surface area is 222 Å². The van der Waals surface area contributed by atoms with Crippen LogP contribution in [0.4, 0.5) is 4.39 Å². The summed E-state index contributed by atoms with van der Waals surface area (Å²) in [5, 5.41) is 8.30. The average molecular weight is 527 g/mol. The van der Waals surface area contributed by atoms with Gasteiger partial charge in [-0.1, -0.05) is 38.1 Å². The number of rotatable bonds is 5. The Balaban J connectivity index is 1.78. The lowest BCUT2D eigenvalue weighted by Gasteiger charge is -2.27. The summed E-state index contributed by atoms with van der Waals surface area (Å²) in [6.45, 7) is 4.34. The average Bonchev–Trinajstić information content (AvgIpc) is 2.89. The summed E-state index contributed by atoms with van der Waals surface area (Å²) in [5.41, 5.74) is 1.09. The number of para-hydroxylation sites is 1. The molecule has 9 nitrogen and oxygen atoms in total. The molecule has 0 radical (unpaired) electrons. The van der Waals surface area contributed by atoms with Crippen LogP contribution in [0.3, 0.4) is 0 Å². The van der Waals surface area contributed by atoms with Crippen molar-refractivity contribution in [3.8, 4) is 5.75 Å². The fourth-order valence-electron chi connectivity index (χ4n) is 4.06. The number of fused-ring (bicyclic) bond motifs is 1. The molecule has 2 atom stereocenters. The van der Waals surface area contributed by atoms with E-state index in [1.54, 1.807) is 43.4 Å². The van der Waals surface area contributed by atoms with Crippen molar-refractivity contribution in [2.24, 2.45) is 5.92 Å². The summed E-state index contributed by atoms with van der Waals surface area (Å²) >= 11 is 0. The molecule has 0 fully saturated rings. The Morgan fingerprint density at radius 2 is 1.82 bits per heavy atom. The third-order valence-electron chi connectivity index (χ3n) is 6.35. The first-order valence-electron chi connectivity index (χ1n) is 12.7. The molecule has 0 bridgehead atoms. The maximum absolute atomic E-state index is 13.2. The molecule has 38 heavy (non-hydrogen) atoms. The van der Waals surface area contributed by atoms with E-state index < -0.39 is 29.8 Å². The van der Waals surface area contributed by atoms with Crippen LogP contribution in [0.25, 0.3) is 0 Å². The van der Waals surface area contributed by atoms with E-state index in [2.05, 4.69) is 16.0 Å². The lowest BCUT2D eigenvalue weighted by atomic mass is 10.0. The molecule has 0 aliphatic carbocycles. The smallest absolute Gasteiger partial charge is 0.255 e. The Hall–Kier alpha value is -3.95. The largest absolute Gasteiger partial charge is 0.491 e. The highest BCUT2D eigenvalue weighted by molar-refractivity contribution is 5.99. The number of nitrogens with zero attached hydrogens (tertiary/aromatic N) is 1. The van der Waals surface area contributed by atoms with Gasteiger partial charge in [0.15, 0.2) is 0 Å². The molecule has 0 spiro atoms. The van der Waals surface area contributed by atoms with E-state index in [0.717, 1.165) is 5.56 Å². The molecule has 2 aromatic carbocycles. The van der Waals surface area contributed by atoms with E-state index >= 15 is 0 Å². The zero-order chi connectivity index (χ0) is 27.7. The lowest BCUT2D eigenvalue weighted by molar-refractivity contribution is -0.137. The molecule has 10 heteroatoms. The summed E-state index contributed by atoms with van der Waals surface area (Å²) < 4.78 is 19.0. The number of nitrogens with one attached hydrogen (secondary N) is 3. The number of hydrogen-bond donors (Lipinski definition) is 3. The first kappa shape index (κ1) is 28.6. The van der Waals surface area contributed by atoms with Crippen molar-refractivity contribution in [1.82, 2.24) is 20.9 Å². The molecule has 3 rings (SSSR count). The quantitative estimate of drug-likeness (QED) is 0.552. The fourth-order valence-corrected chi connectivity index (χ4v) is 4.06. The van der Waals surface area contributed by atoms with Gasteiger partial charge in [0.25, 0.3) is 5.91 Å². The van der Waals surface area contributed by atoms with Gasteiger partial charge in [-0.05, 0) is 48.6 Å². The Morgan fingerprint density at radius 1 is 1.11 bits per heavy atom. The minimum Gasteiger partial charge on any atom is -0.491 e. The molecule has 2 aromatic rings. The Kier molecular flexibility index (Phi) is 10.2. The van der Waals surface area contributed by atoms with Gasteiger partial charge in [-0.15, -0.1) is 0 Å². The minimum atomic E-state index is -1.00. The van der Waals surface area contributed by atoms with Crippen molar-refractivity contribution < 1.29 is 28.3 Å². The number of likely N-dealkylation sites (N-methyl/N-ethyl adjacent to an activating group) is 1. The van der Waals surface area contributed by atoms with E-state index in [4.69, 9.17) is 4.74 Å². The van der Waals surface area contributed by atoms with Crippen molar-refractivity contribution in [1.29, 1.82) is 0 Å². The lowest BCUT2D eigenvalue weighted by Crippen LogP contribution is -2.51. The molecule has 0 saturated carbocycles. The zero-order valence-corrected chi connectivity index (χ0v) is 22.0. The van der Waals surface area contributed by atoms with Gasteiger partial charge in [0, 0.05) is 20.0 Å². The van der Waals surface area contributed by atoms with Crippen LogP contribution < -0.4 is 20.7 Å². The van der Waals surface area contributed by atoms with Gasteiger partial charge in [-0.2, -0.15) is 0 Å². The molecule has 1 aliphatic rings. The predicted octanol–water partition coefficient (Wildman–Crippen LogP) is 2.05. The number of halogens is 1. The normalized spacial score (nSPS) is 19.4. The summed E-state index contributed by atoms with van der Waals surface area (Å²) in [7, 11) is 1.64. The van der Waals surface area contributed by atoms with Crippen LogP contribution in [-0.4, -0.2) is 67.4 Å². The van der Waals surface area contributed by atoms with Crippen molar-refractivity contribution >= 4 is 23.6 Å². The van der Waals surface area contributed by atoms with E-state index in [9.17, 15) is 23.6 Å². The molecule has 0 aromatic heterocycles. The van der Waals surface area contributed by atoms with Crippen LogP contribution in [-0.2, 0) is 20.8 Å². The van der Waals surface area contributed by atoms with Crippen molar-refractivity contribution in [2.75, 3.05) is 26.7 Å². The third kappa shape index (κ3) is 8.03. The Morgan fingerprint density at radius 3 is 2.53 bits per heavy atom. The van der Waals surface area contributed by atoms with Crippen LogP contribution >= 0.6 is 0 Å². The summed E-state index contributed by atoms with van der Waals surface area (Å²) in [4.78, 5) is 53.5. The van der Waals surface area contributed by atoms with Crippen molar-refractivity contribution in [3.05, 3.63) is 65.5 Å². The number of ether oxygens (including phenoxy) is 1. The van der Waals surface area contributed by atoms with Crippen LogP contribution in [0.2, 0.25) is 0 Å². The maximum Gasteiger partial charge on any atom is 0.255 e. The van der Waals surface area contributed by atoms with Gasteiger partial charge in [0.1, 0.15) is 30.3 Å². The van der Waals surface area contributed by atoms with Crippen molar-refractivity contribution in [3.63, 3.8) is 0 Å². The van der Waals surface area contributed by atoms with Gasteiger partial charge >= 0.3 is 0 Å². The van der Waals surface area contributed by atoms with Crippen LogP contribution in [0.15, 0.2) is 48.5 Å². The topological polar surface area (TPSA) is 117 Å². The monoisotopic (exact) mass is 526 g/mol. The molecule has 204 valence electrons. The maximum atomic E-state index is 13.2. The number of amides is 4. The second-order valence-corrected chi connectivity index (χ2v) is 9.63. The van der Waals surface area contributed by atoms with Gasteiger partial charge in [-0.3, -0.25) is 19.2 Å². The van der Waals surface area contributed by atoms with E-state index in [1.807, 2.05) is 13.8 Å². The van der Waals surface area contributed by atoms with Crippen molar-refractivity contribution in [2.45, 2.75) is 45.2 Å². The minimum absolute atomic E-state index is 0.0256. The molecular formula is C28H35FN4O5. The standard InChI is InChI=1S/C28H35FN4O5/c1-18(2)25-28(37)33(3)16-17-38-23-7-5-4-6-21(23)26(35)31-22(12-13-24(34)32-25)27(36)30-15-14-19-8-10-20(29)11-9-19/h4-11,18,22,25H,12-17H2,1-3H3,(H,30,36)(H,31,35)(H,32,34)/t22-,25-/m0/s1. The second-order valence-electron chi connectivity index (χ2n) is 9.63. The summed E-state index contributed by atoms with van der Waals surface area (Å²) in [6.07, 6.45) is 0.419. The number of benzene rings is 2. The van der Waals surface area contributed by atoms with Gasteiger partial charge in [0.2, 0.25) is 17.7 Å². The zero-order valence-electron chi connectivity index (χ0n) is 22.0. The third-order valence-corrected chi connectivity index (χ3v) is 6.35. The van der Waals surface area contributed by atoms with Crippen LogP contribution in [0.5, 0.6) is 5.75 Å². The SMILES string of the molecule is CC(C)[C@@H]1NC(=O)CC[C@@H](C(=O)NCCc2ccc(F)cc2)NC(=O)c2ccccc2OCCN(C)C1=O. The highest BCUT2D eigenvalue weighted by Crippen LogP contribution is 2.19. The summed E-state index contributed by atoms with van der Waals surface area (Å²) in [6, 6.07) is 10.9. The Bertz CT molecular complexity index is 1140. The molecule has 4 amide bonds. The molecular weight excluding hydrogens is 491 g/mol. The number of carbonyl (C=O) groups excluding carboxylic acids is 4. The summed E-state index contributed by atoms with van der Waals surface area (Å²) in [5.74, 6) is -1.78. The first-order valence-corrected chi connectivity index (χ1v) is 12.7. The van der Waals surface area contributed by atoms with E-state index in [-0.39, 0.29) is 55.7 Å². The molecule has 1 aliphatic heterocycles. The second kappa shape index (κ2) is 13.6. The van der Waals surface area contributed by atoms with E-state index in [1.165, 1.54) is 17.0 Å².